The van der Waals surface area contributed by atoms with Crippen molar-refractivity contribution in [3.63, 3.8) is 0 Å². The molecule has 2 nitrogen and oxygen atoms in total. The van der Waals surface area contributed by atoms with Crippen molar-refractivity contribution in [1.29, 1.82) is 0 Å². The number of aliphatic hydroxyl groups excluding tert-OH is 1. The number of nitrogens with zero attached hydrogens (tertiary/aromatic N) is 1. The summed E-state index contributed by atoms with van der Waals surface area (Å²) in [6, 6.07) is 5.88. The third-order valence-corrected chi connectivity index (χ3v) is 3.33. The summed E-state index contributed by atoms with van der Waals surface area (Å²) in [5, 5.41) is 9.44. The first kappa shape index (κ1) is 11.3. The minimum absolute atomic E-state index is 0.168. The first-order chi connectivity index (χ1) is 7.90. The van der Waals surface area contributed by atoms with Crippen LogP contribution in [-0.4, -0.2) is 16.7 Å². The van der Waals surface area contributed by atoms with Crippen LogP contribution < -0.4 is 0 Å². The Balaban J connectivity index is 2.12. The zero-order valence-corrected chi connectivity index (χ0v) is 9.60. The van der Waals surface area contributed by atoms with E-state index in [0.717, 1.165) is 11.3 Å². The summed E-state index contributed by atoms with van der Waals surface area (Å²) in [5.41, 5.74) is 2.11. The summed E-state index contributed by atoms with van der Waals surface area (Å²) >= 11 is 0. The number of aliphatic hydroxyl groups is 1. The first-order valence-corrected chi connectivity index (χ1v) is 6.12. The molecule has 1 aliphatic rings. The fraction of sp³-hybridized carbons (Fsp3) is 0.500. The SMILES string of the molecule is OCC(=Cc1ccccn1)C1CCCCC1. The number of hydrogen-bond acceptors (Lipinski definition) is 2. The van der Waals surface area contributed by atoms with Crippen molar-refractivity contribution in [1.82, 2.24) is 4.98 Å². The third kappa shape index (κ3) is 2.92. The van der Waals surface area contributed by atoms with Crippen LogP contribution in [0.15, 0.2) is 30.0 Å². The highest BCUT2D eigenvalue weighted by molar-refractivity contribution is 5.49. The summed E-state index contributed by atoms with van der Waals surface area (Å²) in [4.78, 5) is 4.27. The fourth-order valence-corrected chi connectivity index (χ4v) is 2.42. The molecular formula is C14H19NO. The van der Waals surface area contributed by atoms with Crippen molar-refractivity contribution in [3.8, 4) is 0 Å². The van der Waals surface area contributed by atoms with Crippen LogP contribution in [0.5, 0.6) is 0 Å². The second-order valence-corrected chi connectivity index (χ2v) is 4.47. The zero-order chi connectivity index (χ0) is 11.2. The Hall–Kier alpha value is -1.15. The average molecular weight is 217 g/mol. The molecule has 16 heavy (non-hydrogen) atoms. The van der Waals surface area contributed by atoms with E-state index in [9.17, 15) is 5.11 Å². The summed E-state index contributed by atoms with van der Waals surface area (Å²) in [5.74, 6) is 0.570. The fourth-order valence-electron chi connectivity index (χ4n) is 2.42. The lowest BCUT2D eigenvalue weighted by Gasteiger charge is -2.23. The minimum Gasteiger partial charge on any atom is -0.392 e. The predicted molar refractivity (Wildman–Crippen MR) is 65.9 cm³/mol. The number of aromatic nitrogens is 1. The molecule has 0 saturated heterocycles. The lowest BCUT2D eigenvalue weighted by Crippen LogP contribution is -2.11. The molecule has 1 aromatic heterocycles. The maximum Gasteiger partial charge on any atom is 0.0648 e. The normalized spacial score (nSPS) is 18.7. The molecule has 0 radical (unpaired) electrons. The molecule has 0 spiro atoms. The molecule has 0 bridgehead atoms. The van der Waals surface area contributed by atoms with Crippen LogP contribution in [0.25, 0.3) is 6.08 Å². The van der Waals surface area contributed by atoms with Gasteiger partial charge in [-0.1, -0.05) is 25.3 Å². The second kappa shape index (κ2) is 5.80. The van der Waals surface area contributed by atoms with Crippen LogP contribution >= 0.6 is 0 Å². The molecule has 2 rings (SSSR count). The van der Waals surface area contributed by atoms with Gasteiger partial charge in [0, 0.05) is 6.20 Å². The highest BCUT2D eigenvalue weighted by atomic mass is 16.3. The Bertz CT molecular complexity index is 339. The van der Waals surface area contributed by atoms with Gasteiger partial charge in [0.05, 0.1) is 12.3 Å². The van der Waals surface area contributed by atoms with Crippen molar-refractivity contribution in [2.45, 2.75) is 32.1 Å². The van der Waals surface area contributed by atoms with E-state index in [4.69, 9.17) is 0 Å². The Labute approximate surface area is 97.0 Å². The van der Waals surface area contributed by atoms with Crippen molar-refractivity contribution in [2.75, 3.05) is 6.61 Å². The van der Waals surface area contributed by atoms with E-state index in [1.807, 2.05) is 18.2 Å². The van der Waals surface area contributed by atoms with E-state index in [2.05, 4.69) is 11.1 Å². The van der Waals surface area contributed by atoms with Crippen LogP contribution in [0.3, 0.4) is 0 Å². The van der Waals surface area contributed by atoms with Gasteiger partial charge in [0.25, 0.3) is 0 Å². The molecule has 0 aliphatic heterocycles. The molecule has 1 N–H and O–H groups in total. The van der Waals surface area contributed by atoms with Crippen LogP contribution in [0.2, 0.25) is 0 Å². The molecular weight excluding hydrogens is 198 g/mol. The van der Waals surface area contributed by atoms with Gasteiger partial charge in [-0.2, -0.15) is 0 Å². The van der Waals surface area contributed by atoms with E-state index < -0.39 is 0 Å². The topological polar surface area (TPSA) is 33.1 Å². The largest absolute Gasteiger partial charge is 0.392 e. The lowest BCUT2D eigenvalue weighted by molar-refractivity contribution is 0.295. The summed E-state index contributed by atoms with van der Waals surface area (Å²) < 4.78 is 0. The Morgan fingerprint density at radius 1 is 1.31 bits per heavy atom. The van der Waals surface area contributed by atoms with E-state index >= 15 is 0 Å². The predicted octanol–water partition coefficient (Wildman–Crippen LogP) is 3.04. The molecule has 0 amide bonds. The van der Waals surface area contributed by atoms with Crippen molar-refractivity contribution < 1.29 is 5.11 Å². The van der Waals surface area contributed by atoms with Gasteiger partial charge in [0.15, 0.2) is 0 Å². The van der Waals surface area contributed by atoms with Crippen molar-refractivity contribution in [2.24, 2.45) is 5.92 Å². The van der Waals surface area contributed by atoms with E-state index in [-0.39, 0.29) is 6.61 Å². The highest BCUT2D eigenvalue weighted by Crippen LogP contribution is 2.30. The van der Waals surface area contributed by atoms with E-state index in [1.165, 1.54) is 32.1 Å². The molecule has 1 fully saturated rings. The Kier molecular flexibility index (Phi) is 4.11. The Morgan fingerprint density at radius 2 is 2.12 bits per heavy atom. The van der Waals surface area contributed by atoms with Gasteiger partial charge in [-0.15, -0.1) is 0 Å². The summed E-state index contributed by atoms with van der Waals surface area (Å²) in [6.07, 6.45) is 10.2. The van der Waals surface area contributed by atoms with Crippen molar-refractivity contribution in [3.05, 3.63) is 35.7 Å². The highest BCUT2D eigenvalue weighted by Gasteiger charge is 2.17. The van der Waals surface area contributed by atoms with Gasteiger partial charge in [-0.05, 0) is 42.5 Å². The minimum atomic E-state index is 0.168. The van der Waals surface area contributed by atoms with Crippen molar-refractivity contribution >= 4 is 6.08 Å². The van der Waals surface area contributed by atoms with Crippen LogP contribution in [0.4, 0.5) is 0 Å². The lowest BCUT2D eigenvalue weighted by atomic mass is 9.83. The number of rotatable bonds is 3. The van der Waals surface area contributed by atoms with Gasteiger partial charge in [0.2, 0.25) is 0 Å². The number of pyridine rings is 1. The summed E-state index contributed by atoms with van der Waals surface area (Å²) in [7, 11) is 0. The molecule has 86 valence electrons. The summed E-state index contributed by atoms with van der Waals surface area (Å²) in [6.45, 7) is 0.168. The maximum absolute atomic E-state index is 9.44. The van der Waals surface area contributed by atoms with Crippen LogP contribution in [0.1, 0.15) is 37.8 Å². The van der Waals surface area contributed by atoms with Gasteiger partial charge in [-0.3, -0.25) is 4.98 Å². The first-order valence-electron chi connectivity index (χ1n) is 6.12. The van der Waals surface area contributed by atoms with Gasteiger partial charge < -0.3 is 5.11 Å². The van der Waals surface area contributed by atoms with Gasteiger partial charge in [-0.25, -0.2) is 0 Å². The van der Waals surface area contributed by atoms with Gasteiger partial charge >= 0.3 is 0 Å². The standard InChI is InChI=1S/C14H19NO/c16-11-13(12-6-2-1-3-7-12)10-14-8-4-5-9-15-14/h4-5,8-10,12,16H,1-3,6-7,11H2. The molecule has 1 aromatic rings. The van der Waals surface area contributed by atoms with Crippen LogP contribution in [0, 0.1) is 5.92 Å². The van der Waals surface area contributed by atoms with E-state index in [1.54, 1.807) is 6.20 Å². The average Bonchev–Trinajstić information content (AvgIpc) is 2.38. The molecule has 1 aliphatic carbocycles. The van der Waals surface area contributed by atoms with Crippen LogP contribution in [-0.2, 0) is 0 Å². The van der Waals surface area contributed by atoms with Gasteiger partial charge in [0.1, 0.15) is 0 Å². The molecule has 1 saturated carbocycles. The quantitative estimate of drug-likeness (QED) is 0.844. The monoisotopic (exact) mass is 217 g/mol. The maximum atomic E-state index is 9.44. The second-order valence-electron chi connectivity index (χ2n) is 4.47. The molecule has 0 atom stereocenters. The molecule has 0 unspecified atom stereocenters. The Morgan fingerprint density at radius 3 is 2.75 bits per heavy atom. The molecule has 0 aromatic carbocycles. The zero-order valence-electron chi connectivity index (χ0n) is 9.60. The smallest absolute Gasteiger partial charge is 0.0648 e. The molecule has 1 heterocycles. The third-order valence-electron chi connectivity index (χ3n) is 3.33. The van der Waals surface area contributed by atoms with E-state index in [0.29, 0.717) is 5.92 Å². The molecule has 2 heteroatoms. The number of hydrogen-bond donors (Lipinski definition) is 1.